The fourth-order valence-electron chi connectivity index (χ4n) is 17.5. The van der Waals surface area contributed by atoms with E-state index >= 15 is 0 Å². The zero-order valence-electron chi connectivity index (χ0n) is 76.3. The number of aromatic nitrogens is 12. The predicted octanol–water partition coefficient (Wildman–Crippen LogP) is 18.6. The van der Waals surface area contributed by atoms with Gasteiger partial charge in [-0.25, -0.2) is 19.9 Å². The van der Waals surface area contributed by atoms with Crippen LogP contribution >= 0.6 is 0 Å². The number of benzene rings is 6. The van der Waals surface area contributed by atoms with E-state index in [4.69, 9.17) is 4.74 Å². The number of H-pyrrole nitrogens is 4. The van der Waals surface area contributed by atoms with Crippen molar-refractivity contribution in [1.29, 1.82) is 0 Å². The summed E-state index contributed by atoms with van der Waals surface area (Å²) in [6.07, 6.45) is 26.8. The molecule has 2 aliphatic heterocycles. The first-order valence-electron chi connectivity index (χ1n) is 45.8. The molecule has 0 bridgehead atoms. The van der Waals surface area contributed by atoms with Crippen LogP contribution in [0.2, 0.25) is 0 Å². The molecular formula is C108H104N20O9. The van der Waals surface area contributed by atoms with Crippen molar-refractivity contribution in [1.82, 2.24) is 77.1 Å². The summed E-state index contributed by atoms with van der Waals surface area (Å²) in [5, 5.41) is 13.7. The largest absolute Gasteiger partial charge is 0.375 e. The predicted molar refractivity (Wildman–Crippen MR) is 537 cm³/mol. The van der Waals surface area contributed by atoms with Crippen molar-refractivity contribution in [3.8, 4) is 45.0 Å². The Balaban J connectivity index is 0.000000127. The molecule has 29 nitrogen and oxygen atoms in total. The van der Waals surface area contributed by atoms with E-state index in [2.05, 4.69) is 124 Å². The highest BCUT2D eigenvalue weighted by Gasteiger charge is 2.28. The van der Waals surface area contributed by atoms with Gasteiger partial charge in [-0.15, -0.1) is 0 Å². The molecule has 2 saturated heterocycles. The summed E-state index contributed by atoms with van der Waals surface area (Å²) in [5.41, 5.74) is 21.9. The van der Waals surface area contributed by atoms with Gasteiger partial charge in [-0.2, -0.15) is 0 Å². The Morgan fingerprint density at radius 2 is 0.701 bits per heavy atom. The fraction of sp³-hybridized carbons (Fsp3) is 0.185. The van der Waals surface area contributed by atoms with Gasteiger partial charge in [0.25, 0.3) is 17.7 Å². The zero-order chi connectivity index (χ0) is 94.7. The smallest absolute Gasteiger partial charge is 0.253 e. The van der Waals surface area contributed by atoms with Crippen molar-refractivity contribution in [2.45, 2.75) is 70.8 Å². The van der Waals surface area contributed by atoms with E-state index in [0.717, 1.165) is 196 Å². The van der Waals surface area contributed by atoms with E-state index in [1.807, 2.05) is 239 Å². The lowest BCUT2D eigenvalue weighted by Gasteiger charge is -2.32. The molecule has 0 atom stereocenters. The number of carbonyl (C=O) groups excluding carboxylic acids is 4. The molecular weight excluding hydrogens is 1720 g/mol. The molecule has 6 aromatic carbocycles. The van der Waals surface area contributed by atoms with E-state index in [9.17, 15) is 38.4 Å². The van der Waals surface area contributed by atoms with Crippen LogP contribution in [0.1, 0.15) is 112 Å². The molecule has 0 unspecified atom stereocenters. The SMILES string of the molecule is CCCN(CCC)C(=O)c1ccc(Nc2ccc(-c3cc[nH]c(=O)c3)n3ccnc23)cc1.CN(Cc1ccccc1)C(=O)c1ccc(Nc2ccc(-c3cc[nH]c(=O)c3)n3ccnc23)cc1.COCC(=O)N1CCC(c2ccc(Nc3ccc(-c4cc[nH]c(=O)c4)n4ccnc34)cc2)CC1.O=C(c1ccc(Nc2ccc(-c3cc[nH]c(=O)c3)n3ccnc23)cc1)N1CCC(c2ccccc2)CC1. The van der Waals surface area contributed by atoms with Crippen molar-refractivity contribution >= 4 is 91.7 Å². The molecule has 0 spiro atoms. The van der Waals surface area contributed by atoms with Gasteiger partial charge in [0.1, 0.15) is 6.61 Å². The second kappa shape index (κ2) is 43.1. The molecule has 18 aromatic rings. The molecule has 2 aliphatic rings. The highest BCUT2D eigenvalue weighted by Crippen LogP contribution is 2.36. The lowest BCUT2D eigenvalue weighted by Crippen LogP contribution is -2.39. The van der Waals surface area contributed by atoms with E-state index < -0.39 is 0 Å². The monoisotopic (exact) mass is 1820 g/mol. The molecule has 0 aliphatic carbocycles. The molecule has 20 rings (SSSR count). The fourth-order valence-corrected chi connectivity index (χ4v) is 17.5. The first-order valence-corrected chi connectivity index (χ1v) is 45.8. The maximum atomic E-state index is 13.1. The molecule has 137 heavy (non-hydrogen) atoms. The van der Waals surface area contributed by atoms with Crippen LogP contribution in [0.15, 0.2) is 348 Å². The lowest BCUT2D eigenvalue weighted by molar-refractivity contribution is -0.136. The van der Waals surface area contributed by atoms with Crippen LogP contribution in [0.3, 0.4) is 0 Å². The minimum Gasteiger partial charge on any atom is -0.375 e. The van der Waals surface area contributed by atoms with Gasteiger partial charge in [-0.1, -0.05) is 86.6 Å². The van der Waals surface area contributed by atoms with E-state index in [1.54, 1.807) is 92.9 Å². The number of ether oxygens (including phenoxy) is 1. The first kappa shape index (κ1) is 91.8. The number of fused-ring (bicyclic) bond motifs is 4. The van der Waals surface area contributed by atoms with E-state index in [-0.39, 0.29) is 52.5 Å². The number of nitrogens with one attached hydrogen (secondary N) is 8. The molecule has 2 fully saturated rings. The number of piperidine rings is 2. The number of imidazole rings is 4. The van der Waals surface area contributed by atoms with Gasteiger partial charge in [0.2, 0.25) is 28.1 Å². The van der Waals surface area contributed by atoms with Crippen LogP contribution in [0.5, 0.6) is 0 Å². The molecule has 0 saturated carbocycles. The third-order valence-electron chi connectivity index (χ3n) is 24.4. The van der Waals surface area contributed by atoms with Crippen molar-refractivity contribution in [2.24, 2.45) is 0 Å². The van der Waals surface area contributed by atoms with Crippen LogP contribution in [0.25, 0.3) is 67.6 Å². The van der Waals surface area contributed by atoms with Gasteiger partial charge in [0.05, 0.1) is 45.5 Å². The normalized spacial score (nSPS) is 12.6. The minimum atomic E-state index is -0.156. The summed E-state index contributed by atoms with van der Waals surface area (Å²) in [6.45, 7) is 9.49. The van der Waals surface area contributed by atoms with Crippen molar-refractivity contribution < 1.29 is 23.9 Å². The van der Waals surface area contributed by atoms with Crippen LogP contribution < -0.4 is 43.5 Å². The minimum absolute atomic E-state index is 0.0340. The van der Waals surface area contributed by atoms with E-state index in [0.29, 0.717) is 35.1 Å². The Bertz CT molecular complexity index is 7490. The van der Waals surface area contributed by atoms with Crippen molar-refractivity contribution in [3.05, 3.63) is 404 Å². The van der Waals surface area contributed by atoms with Gasteiger partial charge in [0, 0.05) is 220 Å². The Morgan fingerprint density at radius 1 is 0.380 bits per heavy atom. The van der Waals surface area contributed by atoms with Gasteiger partial charge < -0.3 is 65.5 Å². The Hall–Kier alpha value is -17.1. The Morgan fingerprint density at radius 3 is 1.04 bits per heavy atom. The number of hydrogen-bond donors (Lipinski definition) is 8. The standard InChI is InChI=1S/C30H27N5O2.C27H23N5O2.C26H27N5O3.C25H27N5O2/c36-28-20-24(12-15-31-28)27-11-10-26(29-32-16-19-35(27)29)33-25-8-6-23(7-9-25)30(37)34-17-13-22(14-18-34)21-4-2-1-3-5-21;1-31(18-19-5-3-2-4-6-19)27(34)20-7-9-22(10-8-20)30-23-11-12-24(32-16-15-29-26(23)32)21-13-14-28-25(33)17-21;1-34-17-25(33)30-13-9-19(10-14-30)18-2-4-21(5-3-18)29-22-6-7-23(31-15-12-28-26(22)31)20-8-11-27-24(32)16-20;1-3-14-29(15-4-2)25(32)18-5-7-20(8-6-18)28-21-9-10-22(30-16-13-27-24(21)30)19-11-12-26-23(31)17-19/h1-12,15-16,19-20,22,33H,13-14,17-18H2,(H,31,36);2-17,30H,18H2,1H3,(H,28,33);2-8,11-12,15-16,19,29H,9-10,13-14,17H2,1H3,(H,27,32);5-13,16-17,28H,3-4,14-15H2,1-2H3,(H,26,31). The quantitative estimate of drug-likeness (QED) is 0.0263. The summed E-state index contributed by atoms with van der Waals surface area (Å²) in [4.78, 5) is 134. The maximum Gasteiger partial charge on any atom is 0.253 e. The summed E-state index contributed by atoms with van der Waals surface area (Å²) in [7, 11) is 3.36. The number of nitrogens with zero attached hydrogens (tertiary/aromatic N) is 12. The molecule has 690 valence electrons. The molecule has 29 heteroatoms. The molecule has 0 radical (unpaired) electrons. The molecule has 14 heterocycles. The van der Waals surface area contributed by atoms with Crippen molar-refractivity contribution in [3.63, 3.8) is 0 Å². The summed E-state index contributed by atoms with van der Waals surface area (Å²) in [6, 6.07) is 80.9. The average Bonchev–Trinajstić information content (AvgIpc) is 1.70. The molecule has 4 amide bonds. The average molecular weight is 1830 g/mol. The Labute approximate surface area is 789 Å². The number of aromatic amines is 4. The zero-order valence-corrected chi connectivity index (χ0v) is 76.3. The molecule has 12 aromatic heterocycles. The summed E-state index contributed by atoms with van der Waals surface area (Å²) < 4.78 is 12.8. The Kier molecular flexibility index (Phi) is 28.9. The number of rotatable bonds is 25. The molecule has 8 N–H and O–H groups in total. The van der Waals surface area contributed by atoms with Gasteiger partial charge in [-0.3, -0.25) is 56.0 Å². The number of hydrogen-bond acceptors (Lipinski definition) is 17. The number of carbonyl (C=O) groups is 4. The first-order chi connectivity index (χ1) is 67.0. The number of likely N-dealkylation sites (tertiary alicyclic amines) is 2. The second-order valence-corrected chi connectivity index (χ2v) is 33.6. The van der Waals surface area contributed by atoms with E-state index in [1.165, 1.54) is 11.1 Å². The third kappa shape index (κ3) is 22.0. The van der Waals surface area contributed by atoms with Crippen LogP contribution in [-0.2, 0) is 16.1 Å². The van der Waals surface area contributed by atoms with Crippen molar-refractivity contribution in [2.75, 3.05) is 81.3 Å². The highest BCUT2D eigenvalue weighted by atomic mass is 16.5. The number of pyridine rings is 8. The van der Waals surface area contributed by atoms with Gasteiger partial charge in [0.15, 0.2) is 22.6 Å². The lowest BCUT2D eigenvalue weighted by atomic mass is 9.89. The summed E-state index contributed by atoms with van der Waals surface area (Å²) in [5.74, 6) is 1.15. The van der Waals surface area contributed by atoms with Crippen LogP contribution in [0.4, 0.5) is 45.5 Å². The maximum absolute atomic E-state index is 13.1. The number of anilines is 8. The second-order valence-electron chi connectivity index (χ2n) is 33.6. The topological polar surface area (TPSA) is 339 Å². The van der Waals surface area contributed by atoms with Gasteiger partial charge in [-0.05, 0) is 225 Å². The summed E-state index contributed by atoms with van der Waals surface area (Å²) >= 11 is 0. The van der Waals surface area contributed by atoms with Gasteiger partial charge >= 0.3 is 0 Å². The number of methoxy groups -OCH3 is 1. The number of amides is 4. The highest BCUT2D eigenvalue weighted by molar-refractivity contribution is 5.97. The third-order valence-corrected chi connectivity index (χ3v) is 24.4. The van der Waals surface area contributed by atoms with Crippen LogP contribution in [0, 0.1) is 0 Å². The van der Waals surface area contributed by atoms with Crippen LogP contribution in [-0.4, -0.2) is 161 Å².